The van der Waals surface area contributed by atoms with Gasteiger partial charge >= 0.3 is 0 Å². The van der Waals surface area contributed by atoms with E-state index in [0.29, 0.717) is 4.83 Å². The molecular formula is C11H20BrNO3S. The Morgan fingerprint density at radius 2 is 1.71 bits per heavy atom. The largest absolute Gasteiger partial charge is 0.352 e. The number of hydrogen-bond donors (Lipinski definition) is 1. The molecule has 6 heteroatoms. The summed E-state index contributed by atoms with van der Waals surface area (Å²) in [5, 5.41) is 2.85. The van der Waals surface area contributed by atoms with Gasteiger partial charge in [0.15, 0.2) is 9.84 Å². The molecule has 1 rings (SSSR count). The van der Waals surface area contributed by atoms with Gasteiger partial charge < -0.3 is 5.32 Å². The van der Waals surface area contributed by atoms with E-state index >= 15 is 0 Å². The van der Waals surface area contributed by atoms with E-state index in [0.717, 1.165) is 31.9 Å². The first kappa shape index (κ1) is 15.0. The van der Waals surface area contributed by atoms with Crippen LogP contribution in [0.4, 0.5) is 0 Å². The third-order valence-corrected chi connectivity index (χ3v) is 6.42. The van der Waals surface area contributed by atoms with Gasteiger partial charge in [-0.25, -0.2) is 8.42 Å². The normalized spacial score (nSPS) is 26.6. The molecule has 0 aromatic rings. The minimum absolute atomic E-state index is 0.109. The molecule has 0 aromatic heterocycles. The predicted molar refractivity (Wildman–Crippen MR) is 72.0 cm³/mol. The van der Waals surface area contributed by atoms with Crippen LogP contribution in [0.25, 0.3) is 0 Å². The molecule has 1 aliphatic carbocycles. The van der Waals surface area contributed by atoms with Gasteiger partial charge in [-0.15, -0.1) is 0 Å². The average molecular weight is 326 g/mol. The zero-order chi connectivity index (χ0) is 13.3. The molecule has 1 fully saturated rings. The zero-order valence-electron chi connectivity index (χ0n) is 10.5. The number of alkyl halides is 1. The van der Waals surface area contributed by atoms with Crippen molar-refractivity contribution < 1.29 is 13.2 Å². The Hall–Kier alpha value is -0.100. The second-order valence-electron chi connectivity index (χ2n) is 5.20. The molecule has 0 aromatic carbocycles. The third kappa shape index (κ3) is 3.68. The second kappa shape index (κ2) is 5.26. The van der Waals surface area contributed by atoms with Crippen molar-refractivity contribution in [2.24, 2.45) is 0 Å². The fourth-order valence-corrected chi connectivity index (χ4v) is 2.65. The van der Waals surface area contributed by atoms with Crippen molar-refractivity contribution in [3.8, 4) is 0 Å². The molecule has 100 valence electrons. The maximum atomic E-state index is 12.0. The van der Waals surface area contributed by atoms with Crippen LogP contribution in [0.15, 0.2) is 0 Å². The van der Waals surface area contributed by atoms with Gasteiger partial charge in [0.2, 0.25) is 5.91 Å². The Kier molecular flexibility index (Phi) is 4.63. The van der Waals surface area contributed by atoms with Crippen molar-refractivity contribution in [1.82, 2.24) is 5.32 Å². The summed E-state index contributed by atoms with van der Waals surface area (Å²) < 4.78 is 21.7. The number of sulfone groups is 1. The topological polar surface area (TPSA) is 63.2 Å². The first-order valence-corrected chi connectivity index (χ1v) is 8.60. The van der Waals surface area contributed by atoms with Gasteiger partial charge in [0.05, 0.1) is 0 Å². The third-order valence-electron chi connectivity index (χ3n) is 3.47. The molecule has 0 spiro atoms. The molecular weight excluding hydrogens is 306 g/mol. The maximum Gasteiger partial charge on any atom is 0.241 e. The predicted octanol–water partition coefficient (Wildman–Crippen LogP) is 1.63. The number of halogens is 1. The van der Waals surface area contributed by atoms with Crippen LogP contribution in [0.5, 0.6) is 0 Å². The highest BCUT2D eigenvalue weighted by atomic mass is 79.9. The minimum Gasteiger partial charge on any atom is -0.352 e. The van der Waals surface area contributed by atoms with Crippen LogP contribution < -0.4 is 5.32 Å². The van der Waals surface area contributed by atoms with Crippen LogP contribution in [0.3, 0.4) is 0 Å². The molecule has 0 atom stereocenters. The lowest BCUT2D eigenvalue weighted by Crippen LogP contribution is -2.51. The van der Waals surface area contributed by atoms with Gasteiger partial charge in [-0.2, -0.15) is 0 Å². The van der Waals surface area contributed by atoms with Gasteiger partial charge in [-0.1, -0.05) is 15.9 Å². The van der Waals surface area contributed by atoms with E-state index in [1.165, 1.54) is 13.8 Å². The van der Waals surface area contributed by atoms with Crippen molar-refractivity contribution in [2.45, 2.75) is 55.1 Å². The Morgan fingerprint density at radius 1 is 1.24 bits per heavy atom. The Bertz CT molecular complexity index is 384. The standard InChI is InChI=1S/C11H20BrNO3S/c1-11(2,17(3,15)16)10(14)13-9-6-4-8(12)5-7-9/h8-9H,4-7H2,1-3H3,(H,13,14). The summed E-state index contributed by atoms with van der Waals surface area (Å²) in [4.78, 5) is 12.5. The molecule has 1 aliphatic rings. The quantitative estimate of drug-likeness (QED) is 0.802. The summed E-state index contributed by atoms with van der Waals surface area (Å²) >= 11 is 3.54. The second-order valence-corrected chi connectivity index (χ2v) is 9.06. The number of carbonyl (C=O) groups excluding carboxylic acids is 1. The first-order valence-electron chi connectivity index (χ1n) is 5.79. The molecule has 17 heavy (non-hydrogen) atoms. The van der Waals surface area contributed by atoms with Gasteiger partial charge in [0.1, 0.15) is 4.75 Å². The summed E-state index contributed by atoms with van der Waals surface area (Å²) in [6.07, 6.45) is 4.94. The average Bonchev–Trinajstić information content (AvgIpc) is 2.19. The Labute approximate surface area is 112 Å². The highest BCUT2D eigenvalue weighted by Gasteiger charge is 2.39. The molecule has 0 bridgehead atoms. The van der Waals surface area contributed by atoms with E-state index in [9.17, 15) is 13.2 Å². The van der Waals surface area contributed by atoms with Crippen molar-refractivity contribution in [1.29, 1.82) is 0 Å². The zero-order valence-corrected chi connectivity index (χ0v) is 12.9. The Morgan fingerprint density at radius 3 is 2.12 bits per heavy atom. The Balaban J connectivity index is 2.61. The van der Waals surface area contributed by atoms with Crippen molar-refractivity contribution >= 4 is 31.7 Å². The summed E-state index contributed by atoms with van der Waals surface area (Å²) in [5.41, 5.74) is 0. The lowest BCUT2D eigenvalue weighted by Gasteiger charge is -2.29. The molecule has 4 nitrogen and oxygen atoms in total. The summed E-state index contributed by atoms with van der Waals surface area (Å²) in [6, 6.07) is 0.109. The first-order chi connectivity index (χ1) is 7.64. The SMILES string of the molecule is CC(C)(C(=O)NC1CCC(Br)CC1)S(C)(=O)=O. The number of nitrogens with one attached hydrogen (secondary N) is 1. The van der Waals surface area contributed by atoms with Crippen molar-refractivity contribution in [3.63, 3.8) is 0 Å². The van der Waals surface area contributed by atoms with Crippen LogP contribution in [-0.2, 0) is 14.6 Å². The minimum atomic E-state index is -3.38. The fraction of sp³-hybridized carbons (Fsp3) is 0.909. The summed E-state index contributed by atoms with van der Waals surface area (Å²) in [6.45, 7) is 2.90. The number of amides is 1. The lowest BCUT2D eigenvalue weighted by atomic mass is 9.95. The van der Waals surface area contributed by atoms with E-state index in [1.54, 1.807) is 0 Å². The van der Waals surface area contributed by atoms with Crippen molar-refractivity contribution in [3.05, 3.63) is 0 Å². The molecule has 0 radical (unpaired) electrons. The smallest absolute Gasteiger partial charge is 0.241 e. The molecule has 0 heterocycles. The van der Waals surface area contributed by atoms with E-state index < -0.39 is 20.5 Å². The lowest BCUT2D eigenvalue weighted by molar-refractivity contribution is -0.123. The highest BCUT2D eigenvalue weighted by Crippen LogP contribution is 2.25. The number of carbonyl (C=O) groups is 1. The van der Waals surface area contributed by atoms with E-state index in [2.05, 4.69) is 21.2 Å². The van der Waals surface area contributed by atoms with Gasteiger partial charge in [0, 0.05) is 17.1 Å². The maximum absolute atomic E-state index is 12.0. The van der Waals surface area contributed by atoms with Gasteiger partial charge in [-0.3, -0.25) is 4.79 Å². The van der Waals surface area contributed by atoms with Crippen LogP contribution in [0, 0.1) is 0 Å². The fourth-order valence-electron chi connectivity index (χ4n) is 1.72. The molecule has 1 N–H and O–H groups in total. The van der Waals surface area contributed by atoms with E-state index in [1.807, 2.05) is 0 Å². The monoisotopic (exact) mass is 325 g/mol. The molecule has 0 aliphatic heterocycles. The van der Waals surface area contributed by atoms with Crippen LogP contribution in [0.1, 0.15) is 39.5 Å². The molecule has 1 amide bonds. The van der Waals surface area contributed by atoms with Gasteiger partial charge in [-0.05, 0) is 39.5 Å². The number of hydrogen-bond acceptors (Lipinski definition) is 3. The van der Waals surface area contributed by atoms with Crippen LogP contribution >= 0.6 is 15.9 Å². The molecule has 1 saturated carbocycles. The highest BCUT2D eigenvalue weighted by molar-refractivity contribution is 9.09. The van der Waals surface area contributed by atoms with Crippen LogP contribution in [-0.4, -0.2) is 36.2 Å². The molecule has 0 unspecified atom stereocenters. The van der Waals surface area contributed by atoms with Crippen molar-refractivity contribution in [2.75, 3.05) is 6.26 Å². The van der Waals surface area contributed by atoms with Crippen LogP contribution in [0.2, 0.25) is 0 Å². The summed E-state index contributed by atoms with van der Waals surface area (Å²) in [5.74, 6) is -0.391. The number of rotatable bonds is 3. The molecule has 0 saturated heterocycles. The summed E-state index contributed by atoms with van der Waals surface area (Å²) in [7, 11) is -3.38. The van der Waals surface area contributed by atoms with E-state index in [4.69, 9.17) is 0 Å². The van der Waals surface area contributed by atoms with E-state index in [-0.39, 0.29) is 6.04 Å². The van der Waals surface area contributed by atoms with Gasteiger partial charge in [0.25, 0.3) is 0 Å².